The molecule has 0 bridgehead atoms. The number of aryl methyl sites for hydroxylation is 1. The number of nitrogen functional groups attached to an aromatic ring is 1. The second kappa shape index (κ2) is 5.79. The van der Waals surface area contributed by atoms with Crippen LogP contribution in [0, 0.1) is 6.92 Å². The van der Waals surface area contributed by atoms with Crippen molar-refractivity contribution in [1.29, 1.82) is 0 Å². The number of nitrogens with two attached hydrogens (primary N) is 1. The van der Waals surface area contributed by atoms with Gasteiger partial charge in [-0.2, -0.15) is 9.97 Å². The van der Waals surface area contributed by atoms with E-state index in [1.54, 1.807) is 0 Å². The Bertz CT molecular complexity index is 859. The highest BCUT2D eigenvalue weighted by molar-refractivity contribution is 5.92. The molecule has 1 saturated heterocycles. The van der Waals surface area contributed by atoms with Gasteiger partial charge in [0.2, 0.25) is 5.95 Å². The van der Waals surface area contributed by atoms with Gasteiger partial charge in [0.05, 0.1) is 5.39 Å². The van der Waals surface area contributed by atoms with E-state index in [-0.39, 0.29) is 0 Å². The molecule has 0 saturated carbocycles. The Morgan fingerprint density at radius 2 is 1.75 bits per heavy atom. The lowest BCUT2D eigenvalue weighted by Gasteiger charge is -2.33. The standard InChI is InChI=1S/C18H22N6/c1-12-3-5-13(6-4-12)15-11-14-16(20-15)21-18(19)22-17(14)24-9-7-23(2)8-10-24/h3-6,11H,7-10H2,1-2H3,(H3,19,20,21,22). The van der Waals surface area contributed by atoms with Crippen LogP contribution in [0.5, 0.6) is 0 Å². The van der Waals surface area contributed by atoms with Crippen LogP contribution in [0.3, 0.4) is 0 Å². The first-order valence-corrected chi connectivity index (χ1v) is 8.27. The summed E-state index contributed by atoms with van der Waals surface area (Å²) in [5, 5.41) is 1.03. The zero-order chi connectivity index (χ0) is 16.7. The average Bonchev–Trinajstić information content (AvgIpc) is 2.99. The second-order valence-corrected chi connectivity index (χ2v) is 6.51. The number of fused-ring (bicyclic) bond motifs is 1. The lowest BCUT2D eigenvalue weighted by molar-refractivity contribution is 0.312. The van der Waals surface area contributed by atoms with Crippen molar-refractivity contribution in [2.75, 3.05) is 43.9 Å². The van der Waals surface area contributed by atoms with Crippen LogP contribution in [-0.2, 0) is 0 Å². The molecule has 0 amide bonds. The Morgan fingerprint density at radius 3 is 2.46 bits per heavy atom. The van der Waals surface area contributed by atoms with E-state index in [0.29, 0.717) is 5.95 Å². The maximum Gasteiger partial charge on any atom is 0.223 e. The molecule has 1 fully saturated rings. The molecule has 6 nitrogen and oxygen atoms in total. The van der Waals surface area contributed by atoms with Crippen molar-refractivity contribution in [2.45, 2.75) is 6.92 Å². The van der Waals surface area contributed by atoms with E-state index in [0.717, 1.165) is 54.3 Å². The molecule has 24 heavy (non-hydrogen) atoms. The number of hydrogen-bond donors (Lipinski definition) is 2. The summed E-state index contributed by atoms with van der Waals surface area (Å²) in [6.45, 7) is 6.05. The van der Waals surface area contributed by atoms with Crippen LogP contribution in [0.2, 0.25) is 0 Å². The van der Waals surface area contributed by atoms with Gasteiger partial charge < -0.3 is 20.5 Å². The highest BCUT2D eigenvalue weighted by atomic mass is 15.3. The van der Waals surface area contributed by atoms with Gasteiger partial charge in [-0.1, -0.05) is 29.8 Å². The largest absolute Gasteiger partial charge is 0.368 e. The quantitative estimate of drug-likeness (QED) is 0.757. The molecule has 0 unspecified atom stereocenters. The Morgan fingerprint density at radius 1 is 1.04 bits per heavy atom. The number of nitrogens with one attached hydrogen (secondary N) is 1. The lowest BCUT2D eigenvalue weighted by atomic mass is 10.1. The van der Waals surface area contributed by atoms with E-state index in [4.69, 9.17) is 5.73 Å². The molecule has 2 aromatic heterocycles. The molecular formula is C18H22N6. The normalized spacial score (nSPS) is 16.0. The minimum Gasteiger partial charge on any atom is -0.368 e. The number of H-pyrrole nitrogens is 1. The molecule has 1 aromatic carbocycles. The van der Waals surface area contributed by atoms with Crippen LogP contribution in [-0.4, -0.2) is 53.1 Å². The number of anilines is 2. The Balaban J connectivity index is 1.78. The summed E-state index contributed by atoms with van der Waals surface area (Å²) < 4.78 is 0. The third-order valence-corrected chi connectivity index (χ3v) is 4.65. The predicted octanol–water partition coefficient (Wildman–Crippen LogP) is 2.27. The van der Waals surface area contributed by atoms with Gasteiger partial charge >= 0.3 is 0 Å². The fourth-order valence-electron chi connectivity index (χ4n) is 3.16. The lowest BCUT2D eigenvalue weighted by Crippen LogP contribution is -2.45. The van der Waals surface area contributed by atoms with Gasteiger partial charge in [-0.3, -0.25) is 0 Å². The molecule has 1 aliphatic heterocycles. The summed E-state index contributed by atoms with van der Waals surface area (Å²) in [7, 11) is 2.15. The number of aromatic amines is 1. The van der Waals surface area contributed by atoms with Crippen LogP contribution in [0.15, 0.2) is 30.3 Å². The van der Waals surface area contributed by atoms with Crippen molar-refractivity contribution in [2.24, 2.45) is 0 Å². The number of piperazine rings is 1. The van der Waals surface area contributed by atoms with E-state index >= 15 is 0 Å². The van der Waals surface area contributed by atoms with Gasteiger partial charge in [0.1, 0.15) is 11.5 Å². The van der Waals surface area contributed by atoms with Gasteiger partial charge in [0, 0.05) is 31.9 Å². The van der Waals surface area contributed by atoms with Gasteiger partial charge in [0.15, 0.2) is 0 Å². The van der Waals surface area contributed by atoms with Gasteiger partial charge in [-0.05, 0) is 25.6 Å². The third-order valence-electron chi connectivity index (χ3n) is 4.65. The molecule has 0 spiro atoms. The van der Waals surface area contributed by atoms with Crippen LogP contribution < -0.4 is 10.6 Å². The summed E-state index contributed by atoms with van der Waals surface area (Å²) >= 11 is 0. The second-order valence-electron chi connectivity index (χ2n) is 6.51. The van der Waals surface area contributed by atoms with Crippen LogP contribution in [0.1, 0.15) is 5.56 Å². The zero-order valence-corrected chi connectivity index (χ0v) is 14.1. The third kappa shape index (κ3) is 2.69. The van der Waals surface area contributed by atoms with Crippen molar-refractivity contribution >= 4 is 22.8 Å². The van der Waals surface area contributed by atoms with E-state index in [1.807, 2.05) is 0 Å². The summed E-state index contributed by atoms with van der Waals surface area (Å²) in [5.41, 5.74) is 10.2. The number of nitrogens with zero attached hydrogens (tertiary/aromatic N) is 4. The molecule has 4 rings (SSSR count). The van der Waals surface area contributed by atoms with Crippen molar-refractivity contribution in [3.05, 3.63) is 35.9 Å². The number of likely N-dealkylation sites (N-methyl/N-ethyl adjacent to an activating group) is 1. The van der Waals surface area contributed by atoms with Crippen molar-refractivity contribution in [3.8, 4) is 11.3 Å². The maximum absolute atomic E-state index is 5.95. The predicted molar refractivity (Wildman–Crippen MR) is 98.2 cm³/mol. The van der Waals surface area contributed by atoms with Gasteiger partial charge in [-0.15, -0.1) is 0 Å². The van der Waals surface area contributed by atoms with Crippen molar-refractivity contribution < 1.29 is 0 Å². The summed E-state index contributed by atoms with van der Waals surface area (Å²) in [6, 6.07) is 10.6. The minimum absolute atomic E-state index is 0.314. The van der Waals surface area contributed by atoms with Crippen LogP contribution in [0.4, 0.5) is 11.8 Å². The fourth-order valence-corrected chi connectivity index (χ4v) is 3.16. The summed E-state index contributed by atoms with van der Waals surface area (Å²) in [4.78, 5) is 16.9. The molecule has 3 aromatic rings. The van der Waals surface area contributed by atoms with Crippen LogP contribution in [0.25, 0.3) is 22.3 Å². The smallest absolute Gasteiger partial charge is 0.223 e. The number of aromatic nitrogens is 3. The number of hydrogen-bond acceptors (Lipinski definition) is 5. The van der Waals surface area contributed by atoms with Crippen LogP contribution >= 0.6 is 0 Å². The highest BCUT2D eigenvalue weighted by Crippen LogP contribution is 2.30. The highest BCUT2D eigenvalue weighted by Gasteiger charge is 2.20. The van der Waals surface area contributed by atoms with E-state index < -0.39 is 0 Å². The molecule has 0 radical (unpaired) electrons. The van der Waals surface area contributed by atoms with Crippen molar-refractivity contribution in [1.82, 2.24) is 19.9 Å². The van der Waals surface area contributed by atoms with Gasteiger partial charge in [0.25, 0.3) is 0 Å². The van der Waals surface area contributed by atoms with Crippen molar-refractivity contribution in [3.63, 3.8) is 0 Å². The summed E-state index contributed by atoms with van der Waals surface area (Å²) in [6.07, 6.45) is 0. The molecule has 1 aliphatic rings. The minimum atomic E-state index is 0.314. The van der Waals surface area contributed by atoms with Gasteiger partial charge in [-0.25, -0.2) is 0 Å². The zero-order valence-electron chi connectivity index (χ0n) is 14.1. The number of rotatable bonds is 2. The van der Waals surface area contributed by atoms with E-state index in [1.165, 1.54) is 5.56 Å². The molecule has 3 N–H and O–H groups in total. The Kier molecular flexibility index (Phi) is 3.61. The molecule has 6 heteroatoms. The first-order valence-electron chi connectivity index (χ1n) is 8.27. The monoisotopic (exact) mass is 322 g/mol. The molecule has 0 atom stereocenters. The van der Waals surface area contributed by atoms with E-state index in [9.17, 15) is 0 Å². The fraction of sp³-hybridized carbons (Fsp3) is 0.333. The Labute approximate surface area is 141 Å². The topological polar surface area (TPSA) is 74.1 Å². The molecule has 0 aliphatic carbocycles. The molecular weight excluding hydrogens is 300 g/mol. The molecule has 3 heterocycles. The summed E-state index contributed by atoms with van der Waals surface area (Å²) in [5.74, 6) is 1.24. The average molecular weight is 322 g/mol. The first-order chi connectivity index (χ1) is 11.6. The Hall–Kier alpha value is -2.60. The first kappa shape index (κ1) is 15.0. The molecule has 124 valence electrons. The number of benzene rings is 1. The SMILES string of the molecule is Cc1ccc(-c2cc3c(N4CCN(C)CC4)nc(N)nc3[nH]2)cc1. The maximum atomic E-state index is 5.95. The van der Waals surface area contributed by atoms with E-state index in [2.05, 4.69) is 69.1 Å².